The molecule has 1 aromatic heterocycles. The molecular weight excluding hydrogens is 249 g/mol. The molecule has 100 valence electrons. The van der Waals surface area contributed by atoms with E-state index in [1.165, 1.54) is 12.1 Å². The summed E-state index contributed by atoms with van der Waals surface area (Å²) in [7, 11) is 0. The van der Waals surface area contributed by atoms with Crippen LogP contribution in [-0.4, -0.2) is 23.2 Å². The SMILES string of the molecule is Cc1oc2cc(O)ccc2c1C(=O)N[C@@H]1CC[C@@H]1F. The number of halogens is 1. The summed E-state index contributed by atoms with van der Waals surface area (Å²) in [6.07, 6.45) is 0.221. The predicted octanol–water partition coefficient (Wildman–Crippen LogP) is 2.68. The van der Waals surface area contributed by atoms with Crippen LogP contribution in [0.5, 0.6) is 5.75 Å². The van der Waals surface area contributed by atoms with Gasteiger partial charge in [-0.25, -0.2) is 4.39 Å². The average Bonchev–Trinajstić information content (AvgIpc) is 2.69. The Morgan fingerprint density at radius 3 is 2.89 bits per heavy atom. The van der Waals surface area contributed by atoms with Crippen LogP contribution in [0.15, 0.2) is 22.6 Å². The number of fused-ring (bicyclic) bond motifs is 1. The molecule has 1 amide bonds. The second-order valence-corrected chi connectivity index (χ2v) is 4.89. The van der Waals surface area contributed by atoms with Crippen molar-refractivity contribution in [1.29, 1.82) is 0 Å². The zero-order valence-corrected chi connectivity index (χ0v) is 10.4. The van der Waals surface area contributed by atoms with E-state index in [9.17, 15) is 14.3 Å². The van der Waals surface area contributed by atoms with E-state index in [4.69, 9.17) is 4.42 Å². The highest BCUT2D eigenvalue weighted by Gasteiger charge is 2.33. The number of furan rings is 1. The summed E-state index contributed by atoms with van der Waals surface area (Å²) in [5.41, 5.74) is 0.863. The van der Waals surface area contributed by atoms with Crippen LogP contribution >= 0.6 is 0 Å². The molecule has 1 aliphatic carbocycles. The molecule has 0 radical (unpaired) electrons. The number of carbonyl (C=O) groups excluding carboxylic acids is 1. The first-order valence-electron chi connectivity index (χ1n) is 6.23. The van der Waals surface area contributed by atoms with Crippen molar-refractivity contribution in [2.75, 3.05) is 0 Å². The van der Waals surface area contributed by atoms with Crippen molar-refractivity contribution in [3.63, 3.8) is 0 Å². The van der Waals surface area contributed by atoms with Crippen LogP contribution in [0.4, 0.5) is 4.39 Å². The minimum atomic E-state index is -0.952. The quantitative estimate of drug-likeness (QED) is 0.875. The Kier molecular flexibility index (Phi) is 2.69. The van der Waals surface area contributed by atoms with Crippen LogP contribution < -0.4 is 5.32 Å². The number of rotatable bonds is 2. The standard InChI is InChI=1S/C14H14FNO3/c1-7-13(14(18)16-11-5-4-10(11)15)9-3-2-8(17)6-12(9)19-7/h2-3,6,10-11,17H,4-5H2,1H3,(H,16,18)/t10-,11+/m0/s1. The number of benzene rings is 1. The fourth-order valence-electron chi connectivity index (χ4n) is 2.35. The van der Waals surface area contributed by atoms with E-state index in [1.54, 1.807) is 13.0 Å². The van der Waals surface area contributed by atoms with Gasteiger partial charge in [0.2, 0.25) is 0 Å². The van der Waals surface area contributed by atoms with Gasteiger partial charge in [-0.05, 0) is 31.9 Å². The number of alkyl halides is 1. The third-order valence-electron chi connectivity index (χ3n) is 3.58. The Morgan fingerprint density at radius 1 is 1.47 bits per heavy atom. The molecule has 0 aliphatic heterocycles. The van der Waals surface area contributed by atoms with E-state index in [0.29, 0.717) is 35.1 Å². The maximum absolute atomic E-state index is 13.2. The van der Waals surface area contributed by atoms with Gasteiger partial charge in [-0.15, -0.1) is 0 Å². The summed E-state index contributed by atoms with van der Waals surface area (Å²) in [6, 6.07) is 4.19. The number of nitrogens with one attached hydrogen (secondary N) is 1. The Hall–Kier alpha value is -2.04. The van der Waals surface area contributed by atoms with Gasteiger partial charge in [0, 0.05) is 11.5 Å². The summed E-state index contributed by atoms with van der Waals surface area (Å²) in [5, 5.41) is 12.7. The van der Waals surface area contributed by atoms with Crippen molar-refractivity contribution < 1.29 is 18.7 Å². The lowest BCUT2D eigenvalue weighted by Crippen LogP contribution is -2.48. The van der Waals surface area contributed by atoms with Gasteiger partial charge in [0.15, 0.2) is 0 Å². The summed E-state index contributed by atoms with van der Waals surface area (Å²) in [6.45, 7) is 1.68. The van der Waals surface area contributed by atoms with E-state index >= 15 is 0 Å². The van der Waals surface area contributed by atoms with Crippen LogP contribution in [0, 0.1) is 6.92 Å². The van der Waals surface area contributed by atoms with Crippen LogP contribution in [0.1, 0.15) is 29.0 Å². The smallest absolute Gasteiger partial charge is 0.255 e. The molecule has 1 saturated carbocycles. The largest absolute Gasteiger partial charge is 0.508 e. The Labute approximate surface area is 109 Å². The van der Waals surface area contributed by atoms with Gasteiger partial charge in [-0.1, -0.05) is 0 Å². The molecule has 1 heterocycles. The predicted molar refractivity (Wildman–Crippen MR) is 68.0 cm³/mol. The molecule has 1 fully saturated rings. The number of hydrogen-bond donors (Lipinski definition) is 2. The van der Waals surface area contributed by atoms with Gasteiger partial charge in [0.05, 0.1) is 11.6 Å². The van der Waals surface area contributed by atoms with Gasteiger partial charge in [-0.3, -0.25) is 4.79 Å². The summed E-state index contributed by atoms with van der Waals surface area (Å²) in [5.74, 6) is 0.221. The van der Waals surface area contributed by atoms with Crippen LogP contribution in [0.25, 0.3) is 11.0 Å². The fraction of sp³-hybridized carbons (Fsp3) is 0.357. The highest BCUT2D eigenvalue weighted by atomic mass is 19.1. The molecule has 19 heavy (non-hydrogen) atoms. The first-order chi connectivity index (χ1) is 9.06. The van der Waals surface area contributed by atoms with Gasteiger partial charge in [0.25, 0.3) is 5.91 Å². The zero-order chi connectivity index (χ0) is 13.6. The molecule has 5 heteroatoms. The molecule has 2 aromatic rings. The van der Waals surface area contributed by atoms with Crippen molar-refractivity contribution in [3.8, 4) is 5.75 Å². The number of hydrogen-bond acceptors (Lipinski definition) is 3. The van der Waals surface area contributed by atoms with Crippen molar-refractivity contribution in [3.05, 3.63) is 29.5 Å². The van der Waals surface area contributed by atoms with E-state index in [2.05, 4.69) is 5.32 Å². The molecule has 0 bridgehead atoms. The number of phenols is 1. The van der Waals surface area contributed by atoms with E-state index < -0.39 is 12.2 Å². The molecule has 2 N–H and O–H groups in total. The lowest BCUT2D eigenvalue weighted by Gasteiger charge is -2.30. The van der Waals surface area contributed by atoms with Crippen molar-refractivity contribution in [1.82, 2.24) is 5.32 Å². The van der Waals surface area contributed by atoms with Gasteiger partial charge in [0.1, 0.15) is 23.3 Å². The third-order valence-corrected chi connectivity index (χ3v) is 3.58. The third kappa shape index (κ3) is 1.95. The van der Waals surface area contributed by atoms with E-state index in [-0.39, 0.29) is 11.7 Å². The average molecular weight is 263 g/mol. The maximum atomic E-state index is 13.2. The van der Waals surface area contributed by atoms with Crippen LogP contribution in [-0.2, 0) is 0 Å². The van der Waals surface area contributed by atoms with Gasteiger partial charge >= 0.3 is 0 Å². The summed E-state index contributed by atoms with van der Waals surface area (Å²) in [4.78, 5) is 12.2. The monoisotopic (exact) mass is 263 g/mol. The van der Waals surface area contributed by atoms with Gasteiger partial charge < -0.3 is 14.8 Å². The molecule has 2 atom stereocenters. The highest BCUT2D eigenvalue weighted by molar-refractivity contribution is 6.07. The van der Waals surface area contributed by atoms with Crippen molar-refractivity contribution in [2.24, 2.45) is 0 Å². The second kappa shape index (κ2) is 4.26. The molecule has 0 unspecified atom stereocenters. The lowest BCUT2D eigenvalue weighted by molar-refractivity contribution is 0.0824. The molecule has 1 aliphatic rings. The Balaban J connectivity index is 1.95. The van der Waals surface area contributed by atoms with E-state index in [0.717, 1.165) is 0 Å². The molecule has 0 saturated heterocycles. The van der Waals surface area contributed by atoms with E-state index in [1.807, 2.05) is 0 Å². The second-order valence-electron chi connectivity index (χ2n) is 4.89. The minimum absolute atomic E-state index is 0.0797. The van der Waals surface area contributed by atoms with Crippen LogP contribution in [0.3, 0.4) is 0 Å². The number of aryl methyl sites for hydroxylation is 1. The Morgan fingerprint density at radius 2 is 2.26 bits per heavy atom. The molecule has 1 aromatic carbocycles. The number of phenolic OH excluding ortho intramolecular Hbond substituents is 1. The molecule has 3 rings (SSSR count). The summed E-state index contributed by atoms with van der Waals surface area (Å²) >= 11 is 0. The fourth-order valence-corrected chi connectivity index (χ4v) is 2.35. The molecule has 0 spiro atoms. The normalized spacial score (nSPS) is 22.2. The number of amides is 1. The maximum Gasteiger partial charge on any atom is 0.255 e. The first kappa shape index (κ1) is 12.0. The molecule has 4 nitrogen and oxygen atoms in total. The lowest BCUT2D eigenvalue weighted by atomic mass is 9.90. The molecular formula is C14H14FNO3. The van der Waals surface area contributed by atoms with Gasteiger partial charge in [-0.2, -0.15) is 0 Å². The topological polar surface area (TPSA) is 62.5 Å². The minimum Gasteiger partial charge on any atom is -0.508 e. The number of aromatic hydroxyl groups is 1. The van der Waals surface area contributed by atoms with Crippen molar-refractivity contribution >= 4 is 16.9 Å². The number of carbonyl (C=O) groups is 1. The summed E-state index contributed by atoms with van der Waals surface area (Å²) < 4.78 is 18.6. The zero-order valence-electron chi connectivity index (χ0n) is 10.4. The van der Waals surface area contributed by atoms with Crippen molar-refractivity contribution in [2.45, 2.75) is 32.0 Å². The Bertz CT molecular complexity index is 649. The highest BCUT2D eigenvalue weighted by Crippen LogP contribution is 2.29. The van der Waals surface area contributed by atoms with Crippen LogP contribution in [0.2, 0.25) is 0 Å². The first-order valence-corrected chi connectivity index (χ1v) is 6.23.